The van der Waals surface area contributed by atoms with Crippen molar-refractivity contribution in [3.05, 3.63) is 77.4 Å². The zero-order valence-corrected chi connectivity index (χ0v) is 13.6. The number of allylic oxidation sites excluding steroid dienone is 4. The van der Waals surface area contributed by atoms with Crippen LogP contribution in [0.4, 0.5) is 0 Å². The fourth-order valence-electron chi connectivity index (χ4n) is 2.80. The molecule has 0 atom stereocenters. The molecular weight excluding hydrogens is 312 g/mol. The SMILES string of the molecule is Cc1cccc(-c2[nH]ncc2C2=C/C=C/c3cc(O)cnc3C=C2)n1. The van der Waals surface area contributed by atoms with Gasteiger partial charge in [-0.3, -0.25) is 15.1 Å². The molecule has 0 unspecified atom stereocenters. The number of nitrogens with zero attached hydrogens (tertiary/aromatic N) is 3. The van der Waals surface area contributed by atoms with Gasteiger partial charge in [-0.15, -0.1) is 0 Å². The highest BCUT2D eigenvalue weighted by Gasteiger charge is 2.12. The zero-order valence-electron chi connectivity index (χ0n) is 13.6. The molecule has 4 rings (SSSR count). The van der Waals surface area contributed by atoms with Gasteiger partial charge in [-0.25, -0.2) is 0 Å². The van der Waals surface area contributed by atoms with E-state index in [4.69, 9.17) is 0 Å². The van der Waals surface area contributed by atoms with E-state index in [1.165, 1.54) is 6.20 Å². The number of pyridine rings is 2. The number of rotatable bonds is 2. The van der Waals surface area contributed by atoms with Crippen molar-refractivity contribution in [2.45, 2.75) is 6.92 Å². The van der Waals surface area contributed by atoms with E-state index in [9.17, 15) is 5.11 Å². The summed E-state index contributed by atoms with van der Waals surface area (Å²) in [6, 6.07) is 7.61. The molecule has 3 heterocycles. The number of aryl methyl sites for hydroxylation is 1. The van der Waals surface area contributed by atoms with Crippen LogP contribution in [0.25, 0.3) is 29.1 Å². The third kappa shape index (κ3) is 2.99. The number of nitrogens with one attached hydrogen (secondary N) is 1. The van der Waals surface area contributed by atoms with Gasteiger partial charge >= 0.3 is 0 Å². The first-order chi connectivity index (χ1) is 12.2. The summed E-state index contributed by atoms with van der Waals surface area (Å²) in [7, 11) is 0. The normalized spacial score (nSPS) is 14.4. The highest BCUT2D eigenvalue weighted by molar-refractivity contribution is 5.87. The van der Waals surface area contributed by atoms with Crippen LogP contribution in [0, 0.1) is 6.92 Å². The molecule has 0 aliphatic heterocycles. The van der Waals surface area contributed by atoms with Gasteiger partial charge in [-0.05, 0) is 36.8 Å². The summed E-state index contributed by atoms with van der Waals surface area (Å²) in [6.45, 7) is 1.97. The average molecular weight is 328 g/mol. The molecule has 3 aromatic heterocycles. The van der Waals surface area contributed by atoms with Gasteiger partial charge in [-0.2, -0.15) is 5.10 Å². The van der Waals surface area contributed by atoms with Crippen molar-refractivity contribution in [1.82, 2.24) is 20.2 Å². The molecule has 0 saturated heterocycles. The summed E-state index contributed by atoms with van der Waals surface area (Å²) in [6.07, 6.45) is 13.1. The Morgan fingerprint density at radius 3 is 2.88 bits per heavy atom. The quantitative estimate of drug-likeness (QED) is 0.745. The molecule has 122 valence electrons. The lowest BCUT2D eigenvalue weighted by atomic mass is 10.0. The van der Waals surface area contributed by atoms with E-state index in [1.54, 1.807) is 12.3 Å². The molecule has 0 bridgehead atoms. The van der Waals surface area contributed by atoms with Gasteiger partial charge in [0.05, 0.1) is 29.5 Å². The third-order valence-corrected chi connectivity index (χ3v) is 4.00. The predicted octanol–water partition coefficient (Wildman–Crippen LogP) is 4.00. The summed E-state index contributed by atoms with van der Waals surface area (Å²) in [5.74, 6) is 0.157. The molecule has 1 aliphatic rings. The van der Waals surface area contributed by atoms with Gasteiger partial charge in [0.1, 0.15) is 5.75 Å². The van der Waals surface area contributed by atoms with Crippen LogP contribution >= 0.6 is 0 Å². The maximum absolute atomic E-state index is 9.58. The van der Waals surface area contributed by atoms with Crippen molar-refractivity contribution in [1.29, 1.82) is 0 Å². The Hall–Kier alpha value is -3.47. The first-order valence-electron chi connectivity index (χ1n) is 7.94. The summed E-state index contributed by atoms with van der Waals surface area (Å²) >= 11 is 0. The number of hydrogen-bond donors (Lipinski definition) is 2. The molecule has 3 aromatic rings. The molecule has 0 amide bonds. The minimum atomic E-state index is 0.157. The minimum Gasteiger partial charge on any atom is -0.506 e. The number of fused-ring (bicyclic) bond motifs is 1. The smallest absolute Gasteiger partial charge is 0.134 e. The number of hydrogen-bond acceptors (Lipinski definition) is 4. The highest BCUT2D eigenvalue weighted by atomic mass is 16.3. The third-order valence-electron chi connectivity index (χ3n) is 4.00. The Labute approximate surface area is 145 Å². The summed E-state index contributed by atoms with van der Waals surface area (Å²) < 4.78 is 0. The zero-order chi connectivity index (χ0) is 17.2. The Kier molecular flexibility index (Phi) is 3.74. The van der Waals surface area contributed by atoms with Gasteiger partial charge in [0.2, 0.25) is 0 Å². The standard InChI is InChI=1S/C20H16N4O/c1-13-4-2-7-19(23-13)20-17(12-22-24-20)14-5-3-6-15-10-16(25)11-21-18(15)9-8-14/h2-12,25H,1H3,(H,22,24)/b5-3?,6-3+,9-8?,14-5?,14-8?,15-6?,18-9?. The minimum absolute atomic E-state index is 0.157. The Bertz CT molecular complexity index is 1030. The molecule has 5 heteroatoms. The Morgan fingerprint density at radius 2 is 2.00 bits per heavy atom. The maximum atomic E-state index is 9.58. The van der Waals surface area contributed by atoms with Gasteiger partial charge in [-0.1, -0.05) is 30.4 Å². The van der Waals surface area contributed by atoms with Crippen LogP contribution in [-0.4, -0.2) is 25.3 Å². The van der Waals surface area contributed by atoms with Crippen molar-refractivity contribution in [3.63, 3.8) is 0 Å². The van der Waals surface area contributed by atoms with E-state index in [0.717, 1.165) is 39.5 Å². The van der Waals surface area contributed by atoms with E-state index in [2.05, 4.69) is 20.2 Å². The van der Waals surface area contributed by atoms with Crippen LogP contribution in [0.1, 0.15) is 22.5 Å². The monoisotopic (exact) mass is 328 g/mol. The molecule has 5 nitrogen and oxygen atoms in total. The molecule has 0 aromatic carbocycles. The fourth-order valence-corrected chi connectivity index (χ4v) is 2.80. The Morgan fingerprint density at radius 1 is 1.08 bits per heavy atom. The molecule has 25 heavy (non-hydrogen) atoms. The number of aromatic hydroxyl groups is 1. The van der Waals surface area contributed by atoms with Gasteiger partial charge < -0.3 is 5.11 Å². The second-order valence-corrected chi connectivity index (χ2v) is 5.81. The van der Waals surface area contributed by atoms with E-state index in [-0.39, 0.29) is 5.75 Å². The van der Waals surface area contributed by atoms with Crippen LogP contribution in [0.2, 0.25) is 0 Å². The van der Waals surface area contributed by atoms with Gasteiger partial charge in [0.15, 0.2) is 0 Å². The number of H-pyrrole nitrogens is 1. The topological polar surface area (TPSA) is 74.7 Å². The van der Waals surface area contributed by atoms with Crippen molar-refractivity contribution in [3.8, 4) is 17.1 Å². The molecule has 0 saturated carbocycles. The Balaban J connectivity index is 1.76. The van der Waals surface area contributed by atoms with Crippen LogP contribution < -0.4 is 0 Å². The van der Waals surface area contributed by atoms with Gasteiger partial charge in [0.25, 0.3) is 0 Å². The van der Waals surface area contributed by atoms with Crippen LogP contribution in [0.5, 0.6) is 5.75 Å². The first-order valence-corrected chi connectivity index (χ1v) is 7.94. The lowest BCUT2D eigenvalue weighted by Gasteiger charge is -2.07. The van der Waals surface area contributed by atoms with Crippen LogP contribution in [0.15, 0.2) is 54.9 Å². The van der Waals surface area contributed by atoms with Crippen LogP contribution in [0.3, 0.4) is 0 Å². The lowest BCUT2D eigenvalue weighted by Crippen LogP contribution is -1.92. The largest absolute Gasteiger partial charge is 0.506 e. The van der Waals surface area contributed by atoms with E-state index < -0.39 is 0 Å². The molecule has 0 fully saturated rings. The van der Waals surface area contributed by atoms with E-state index in [0.29, 0.717) is 0 Å². The number of aromatic nitrogens is 4. The van der Waals surface area contributed by atoms with Crippen molar-refractivity contribution in [2.24, 2.45) is 0 Å². The van der Waals surface area contributed by atoms with Crippen molar-refractivity contribution >= 4 is 17.7 Å². The maximum Gasteiger partial charge on any atom is 0.134 e. The first kappa shape index (κ1) is 15.1. The van der Waals surface area contributed by atoms with E-state index >= 15 is 0 Å². The highest BCUT2D eigenvalue weighted by Crippen LogP contribution is 2.29. The summed E-state index contributed by atoms with van der Waals surface area (Å²) in [5, 5.41) is 16.8. The second kappa shape index (κ2) is 6.20. The molecule has 2 N–H and O–H groups in total. The summed E-state index contributed by atoms with van der Waals surface area (Å²) in [4.78, 5) is 8.86. The molecule has 0 spiro atoms. The second-order valence-electron chi connectivity index (χ2n) is 5.81. The van der Waals surface area contributed by atoms with Crippen LogP contribution in [-0.2, 0) is 0 Å². The lowest BCUT2D eigenvalue weighted by molar-refractivity contribution is 0.472. The van der Waals surface area contributed by atoms with Crippen molar-refractivity contribution < 1.29 is 5.11 Å². The predicted molar refractivity (Wildman–Crippen MR) is 98.5 cm³/mol. The fraction of sp³-hybridized carbons (Fsp3) is 0.0500. The summed E-state index contributed by atoms with van der Waals surface area (Å²) in [5.41, 5.74) is 6.35. The van der Waals surface area contributed by atoms with Crippen molar-refractivity contribution in [2.75, 3.05) is 0 Å². The van der Waals surface area contributed by atoms with E-state index in [1.807, 2.05) is 55.5 Å². The molecule has 0 radical (unpaired) electrons. The average Bonchev–Trinajstić information content (AvgIpc) is 3.06. The van der Waals surface area contributed by atoms with Gasteiger partial charge in [0, 0.05) is 16.8 Å². The molecular formula is C20H16N4O. The molecule has 1 aliphatic carbocycles. The number of aromatic amines is 1.